The Hall–Kier alpha value is -0.610. The molecule has 0 aromatic heterocycles. The zero-order valence-corrected chi connectivity index (χ0v) is 9.49. The van der Waals surface area contributed by atoms with Gasteiger partial charge in [0.15, 0.2) is 0 Å². The van der Waals surface area contributed by atoms with E-state index in [0.29, 0.717) is 6.04 Å². The highest BCUT2D eigenvalue weighted by Gasteiger charge is 2.31. The molecule has 1 fully saturated rings. The van der Waals surface area contributed by atoms with E-state index in [0.717, 1.165) is 19.6 Å². The van der Waals surface area contributed by atoms with Gasteiger partial charge in [-0.05, 0) is 20.9 Å². The standard InChI is InChI=1S/C10H20N2O2/c1-8(2)12-6-5-11(3)9(7-12)10(13)14-4/h8-9H,5-7H2,1-4H3/t9-/m1/s1. The van der Waals surface area contributed by atoms with Gasteiger partial charge < -0.3 is 4.74 Å². The molecule has 0 spiro atoms. The third-order valence-corrected chi connectivity index (χ3v) is 2.88. The summed E-state index contributed by atoms with van der Waals surface area (Å²) in [5, 5.41) is 0. The second-order valence-corrected chi connectivity index (χ2v) is 4.11. The number of hydrogen-bond donors (Lipinski definition) is 0. The summed E-state index contributed by atoms with van der Waals surface area (Å²) in [6, 6.07) is 0.395. The van der Waals surface area contributed by atoms with Gasteiger partial charge in [-0.2, -0.15) is 0 Å². The first-order chi connectivity index (χ1) is 6.56. The normalized spacial score (nSPS) is 25.4. The number of rotatable bonds is 2. The molecule has 82 valence electrons. The van der Waals surface area contributed by atoms with Crippen molar-refractivity contribution >= 4 is 5.97 Å². The molecule has 0 bridgehead atoms. The largest absolute Gasteiger partial charge is 0.468 e. The Labute approximate surface area is 85.8 Å². The zero-order valence-electron chi connectivity index (χ0n) is 9.49. The van der Waals surface area contributed by atoms with Crippen LogP contribution in [0.2, 0.25) is 0 Å². The summed E-state index contributed by atoms with van der Waals surface area (Å²) in [5.74, 6) is -0.127. The highest BCUT2D eigenvalue weighted by Crippen LogP contribution is 2.11. The molecule has 1 aliphatic heterocycles. The van der Waals surface area contributed by atoms with Crippen LogP contribution in [0.5, 0.6) is 0 Å². The lowest BCUT2D eigenvalue weighted by Crippen LogP contribution is -2.56. The molecule has 0 saturated carbocycles. The molecule has 0 unspecified atom stereocenters. The zero-order chi connectivity index (χ0) is 10.7. The Morgan fingerprint density at radius 3 is 2.57 bits per heavy atom. The molecule has 0 radical (unpaired) electrons. The van der Waals surface area contributed by atoms with Crippen molar-refractivity contribution < 1.29 is 9.53 Å². The molecule has 1 atom stereocenters. The van der Waals surface area contributed by atoms with Crippen LogP contribution in [-0.2, 0) is 9.53 Å². The molecule has 14 heavy (non-hydrogen) atoms. The van der Waals surface area contributed by atoms with Crippen molar-refractivity contribution in [3.05, 3.63) is 0 Å². The van der Waals surface area contributed by atoms with Crippen LogP contribution >= 0.6 is 0 Å². The van der Waals surface area contributed by atoms with Crippen molar-refractivity contribution in [3.8, 4) is 0 Å². The summed E-state index contributed by atoms with van der Waals surface area (Å²) >= 11 is 0. The van der Waals surface area contributed by atoms with Crippen molar-refractivity contribution in [3.63, 3.8) is 0 Å². The predicted molar refractivity (Wildman–Crippen MR) is 55.1 cm³/mol. The van der Waals surface area contributed by atoms with Crippen LogP contribution < -0.4 is 0 Å². The maximum Gasteiger partial charge on any atom is 0.324 e. The Balaban J connectivity index is 2.59. The van der Waals surface area contributed by atoms with Crippen LogP contribution in [0.4, 0.5) is 0 Å². The average Bonchev–Trinajstić information content (AvgIpc) is 2.17. The fourth-order valence-corrected chi connectivity index (χ4v) is 1.75. The van der Waals surface area contributed by atoms with Crippen LogP contribution in [0, 0.1) is 0 Å². The molecule has 0 amide bonds. The molecule has 0 aromatic rings. The van der Waals surface area contributed by atoms with E-state index in [4.69, 9.17) is 4.74 Å². The van der Waals surface area contributed by atoms with Crippen LogP contribution in [0.1, 0.15) is 13.8 Å². The molecule has 4 heteroatoms. The number of piperazine rings is 1. The van der Waals surface area contributed by atoms with Gasteiger partial charge in [0, 0.05) is 25.7 Å². The Kier molecular flexibility index (Phi) is 3.89. The SMILES string of the molecule is COC(=O)[C@H]1CN(C(C)C)CCN1C. The van der Waals surface area contributed by atoms with Crippen molar-refractivity contribution in [1.82, 2.24) is 9.80 Å². The van der Waals surface area contributed by atoms with Crippen molar-refractivity contribution in [1.29, 1.82) is 0 Å². The van der Waals surface area contributed by atoms with E-state index in [1.54, 1.807) is 0 Å². The van der Waals surface area contributed by atoms with E-state index in [2.05, 4.69) is 23.6 Å². The minimum absolute atomic E-state index is 0.101. The third kappa shape index (κ3) is 2.45. The smallest absolute Gasteiger partial charge is 0.324 e. The number of likely N-dealkylation sites (N-methyl/N-ethyl adjacent to an activating group) is 1. The molecular weight excluding hydrogens is 180 g/mol. The van der Waals surface area contributed by atoms with E-state index < -0.39 is 0 Å². The van der Waals surface area contributed by atoms with Gasteiger partial charge in [0.25, 0.3) is 0 Å². The highest BCUT2D eigenvalue weighted by atomic mass is 16.5. The highest BCUT2D eigenvalue weighted by molar-refractivity contribution is 5.76. The predicted octanol–water partition coefficient (Wildman–Crippen LogP) is 0.184. The monoisotopic (exact) mass is 200 g/mol. The fraction of sp³-hybridized carbons (Fsp3) is 0.900. The molecule has 1 rings (SSSR count). The molecule has 1 saturated heterocycles. The summed E-state index contributed by atoms with van der Waals surface area (Å²) in [7, 11) is 3.42. The van der Waals surface area contributed by atoms with Gasteiger partial charge in [-0.15, -0.1) is 0 Å². The Morgan fingerprint density at radius 1 is 1.43 bits per heavy atom. The molecule has 4 nitrogen and oxygen atoms in total. The number of ether oxygens (including phenoxy) is 1. The second kappa shape index (κ2) is 4.75. The van der Waals surface area contributed by atoms with Gasteiger partial charge in [-0.1, -0.05) is 0 Å². The summed E-state index contributed by atoms with van der Waals surface area (Å²) in [6.07, 6.45) is 0. The minimum Gasteiger partial charge on any atom is -0.468 e. The van der Waals surface area contributed by atoms with Gasteiger partial charge in [0.1, 0.15) is 6.04 Å². The quantitative estimate of drug-likeness (QED) is 0.595. The number of methoxy groups -OCH3 is 1. The molecule has 0 N–H and O–H groups in total. The van der Waals surface area contributed by atoms with Crippen LogP contribution in [0.3, 0.4) is 0 Å². The summed E-state index contributed by atoms with van der Waals surface area (Å²) in [5.41, 5.74) is 0. The number of carbonyl (C=O) groups is 1. The molecule has 1 aliphatic rings. The Bertz CT molecular complexity index is 206. The second-order valence-electron chi connectivity index (χ2n) is 4.11. The minimum atomic E-state index is -0.127. The lowest BCUT2D eigenvalue weighted by atomic mass is 10.1. The lowest BCUT2D eigenvalue weighted by Gasteiger charge is -2.39. The topological polar surface area (TPSA) is 32.8 Å². The number of nitrogens with zero attached hydrogens (tertiary/aromatic N) is 2. The number of hydrogen-bond acceptors (Lipinski definition) is 4. The fourth-order valence-electron chi connectivity index (χ4n) is 1.75. The average molecular weight is 200 g/mol. The van der Waals surface area contributed by atoms with Gasteiger partial charge in [-0.25, -0.2) is 0 Å². The van der Waals surface area contributed by atoms with Gasteiger partial charge >= 0.3 is 5.97 Å². The van der Waals surface area contributed by atoms with Crippen molar-refractivity contribution in [2.75, 3.05) is 33.8 Å². The first kappa shape index (κ1) is 11.5. The molecule has 0 aliphatic carbocycles. The van der Waals surface area contributed by atoms with E-state index in [1.165, 1.54) is 7.11 Å². The van der Waals surface area contributed by atoms with E-state index in [1.807, 2.05) is 7.05 Å². The number of carbonyl (C=O) groups excluding carboxylic acids is 1. The third-order valence-electron chi connectivity index (χ3n) is 2.88. The summed E-state index contributed by atoms with van der Waals surface area (Å²) in [6.45, 7) is 7.04. The molecule has 0 aromatic carbocycles. The van der Waals surface area contributed by atoms with Crippen molar-refractivity contribution in [2.24, 2.45) is 0 Å². The first-order valence-corrected chi connectivity index (χ1v) is 5.08. The van der Waals surface area contributed by atoms with Crippen LogP contribution in [0.25, 0.3) is 0 Å². The summed E-state index contributed by atoms with van der Waals surface area (Å²) < 4.78 is 4.78. The lowest BCUT2D eigenvalue weighted by molar-refractivity contribution is -0.149. The van der Waals surface area contributed by atoms with E-state index in [-0.39, 0.29) is 12.0 Å². The van der Waals surface area contributed by atoms with Gasteiger partial charge in [0.05, 0.1) is 7.11 Å². The van der Waals surface area contributed by atoms with Crippen LogP contribution in [-0.4, -0.2) is 61.6 Å². The maximum atomic E-state index is 11.5. The molecule has 1 heterocycles. The van der Waals surface area contributed by atoms with Gasteiger partial charge in [0.2, 0.25) is 0 Å². The van der Waals surface area contributed by atoms with Crippen molar-refractivity contribution in [2.45, 2.75) is 25.9 Å². The van der Waals surface area contributed by atoms with E-state index >= 15 is 0 Å². The van der Waals surface area contributed by atoms with E-state index in [9.17, 15) is 4.79 Å². The molecular formula is C10H20N2O2. The summed E-state index contributed by atoms with van der Waals surface area (Å²) in [4.78, 5) is 15.8. The Morgan fingerprint density at radius 2 is 2.07 bits per heavy atom. The number of esters is 1. The first-order valence-electron chi connectivity index (χ1n) is 5.08. The van der Waals surface area contributed by atoms with Gasteiger partial charge in [-0.3, -0.25) is 14.6 Å². The van der Waals surface area contributed by atoms with Crippen LogP contribution in [0.15, 0.2) is 0 Å². The maximum absolute atomic E-state index is 11.5.